The molecule has 0 aromatic heterocycles. The van der Waals surface area contributed by atoms with Gasteiger partial charge in [-0.15, -0.1) is 0 Å². The van der Waals surface area contributed by atoms with Crippen molar-refractivity contribution in [2.24, 2.45) is 17.6 Å². The van der Waals surface area contributed by atoms with Crippen LogP contribution in [0.2, 0.25) is 0 Å². The predicted molar refractivity (Wildman–Crippen MR) is 60.8 cm³/mol. The molecule has 0 aromatic rings. The van der Waals surface area contributed by atoms with Crippen molar-refractivity contribution in [2.75, 3.05) is 19.6 Å². The van der Waals surface area contributed by atoms with E-state index in [9.17, 15) is 0 Å². The highest BCUT2D eigenvalue weighted by Crippen LogP contribution is 2.21. The second kappa shape index (κ2) is 4.91. The molecule has 0 spiro atoms. The first-order chi connectivity index (χ1) is 6.09. The summed E-state index contributed by atoms with van der Waals surface area (Å²) in [7, 11) is 0. The fourth-order valence-electron chi connectivity index (χ4n) is 1.91. The van der Waals surface area contributed by atoms with Gasteiger partial charge in [0.2, 0.25) is 0 Å². The summed E-state index contributed by atoms with van der Waals surface area (Å²) in [5.74, 6) is 1.70. The van der Waals surface area contributed by atoms with Gasteiger partial charge in [-0.1, -0.05) is 26.1 Å². The van der Waals surface area contributed by atoms with Gasteiger partial charge in [-0.05, 0) is 31.2 Å². The highest BCUT2D eigenvalue weighted by atomic mass is 32.1. The number of rotatable bonds is 4. The molecule has 2 atom stereocenters. The predicted octanol–water partition coefficient (Wildman–Crippen LogP) is 1.64. The molecule has 0 amide bonds. The van der Waals surface area contributed by atoms with Crippen LogP contribution < -0.4 is 5.73 Å². The van der Waals surface area contributed by atoms with E-state index in [0.717, 1.165) is 31.2 Å². The molecule has 76 valence electrons. The van der Waals surface area contributed by atoms with Gasteiger partial charge in [0, 0.05) is 13.1 Å². The average Bonchev–Trinajstić information content (AvgIpc) is 2.30. The SMILES string of the molecule is CC1CN(CCCC(N)=S)CC1C. The first-order valence-corrected chi connectivity index (χ1v) is 5.51. The molecule has 1 aliphatic heterocycles. The third kappa shape index (κ3) is 3.61. The summed E-state index contributed by atoms with van der Waals surface area (Å²) < 4.78 is 0. The van der Waals surface area contributed by atoms with E-state index in [0.29, 0.717) is 4.99 Å². The van der Waals surface area contributed by atoms with Crippen LogP contribution in [-0.4, -0.2) is 29.5 Å². The van der Waals surface area contributed by atoms with Crippen molar-refractivity contribution in [3.8, 4) is 0 Å². The van der Waals surface area contributed by atoms with E-state index in [1.165, 1.54) is 13.1 Å². The Morgan fingerprint density at radius 1 is 1.38 bits per heavy atom. The molecule has 2 unspecified atom stereocenters. The van der Waals surface area contributed by atoms with Gasteiger partial charge in [0.25, 0.3) is 0 Å². The Labute approximate surface area is 86.5 Å². The van der Waals surface area contributed by atoms with Crippen molar-refractivity contribution in [2.45, 2.75) is 26.7 Å². The van der Waals surface area contributed by atoms with Crippen molar-refractivity contribution in [3.63, 3.8) is 0 Å². The number of thiocarbonyl (C=S) groups is 1. The fourth-order valence-corrected chi connectivity index (χ4v) is 2.05. The lowest BCUT2D eigenvalue weighted by atomic mass is 10.0. The van der Waals surface area contributed by atoms with Crippen molar-refractivity contribution in [1.29, 1.82) is 0 Å². The zero-order valence-electron chi connectivity index (χ0n) is 8.62. The molecule has 0 bridgehead atoms. The quantitative estimate of drug-likeness (QED) is 0.700. The summed E-state index contributed by atoms with van der Waals surface area (Å²) in [6.07, 6.45) is 2.02. The van der Waals surface area contributed by atoms with E-state index in [2.05, 4.69) is 18.7 Å². The molecule has 1 aliphatic rings. The maximum absolute atomic E-state index is 5.44. The summed E-state index contributed by atoms with van der Waals surface area (Å²) in [6.45, 7) is 8.32. The minimum atomic E-state index is 0.653. The zero-order chi connectivity index (χ0) is 9.84. The van der Waals surface area contributed by atoms with E-state index in [4.69, 9.17) is 18.0 Å². The zero-order valence-corrected chi connectivity index (χ0v) is 9.44. The summed E-state index contributed by atoms with van der Waals surface area (Å²) in [6, 6.07) is 0. The summed E-state index contributed by atoms with van der Waals surface area (Å²) in [5, 5.41) is 0. The number of likely N-dealkylation sites (tertiary alicyclic amines) is 1. The van der Waals surface area contributed by atoms with Gasteiger partial charge in [0.1, 0.15) is 0 Å². The molecule has 0 saturated carbocycles. The maximum atomic E-state index is 5.44. The van der Waals surface area contributed by atoms with Gasteiger partial charge in [-0.2, -0.15) is 0 Å². The molecule has 1 heterocycles. The Balaban J connectivity index is 2.13. The minimum Gasteiger partial charge on any atom is -0.393 e. The van der Waals surface area contributed by atoms with Crippen LogP contribution in [0.25, 0.3) is 0 Å². The van der Waals surface area contributed by atoms with E-state index in [-0.39, 0.29) is 0 Å². The average molecular weight is 200 g/mol. The number of hydrogen-bond acceptors (Lipinski definition) is 2. The van der Waals surface area contributed by atoms with Crippen molar-refractivity contribution in [1.82, 2.24) is 4.90 Å². The third-order valence-corrected chi connectivity index (χ3v) is 3.17. The molecule has 1 saturated heterocycles. The summed E-state index contributed by atoms with van der Waals surface area (Å²) in [4.78, 5) is 3.17. The van der Waals surface area contributed by atoms with E-state index >= 15 is 0 Å². The Morgan fingerprint density at radius 2 is 1.92 bits per heavy atom. The number of hydrogen-bond donors (Lipinski definition) is 1. The standard InChI is InChI=1S/C10H20N2S/c1-8-6-12(7-9(8)2)5-3-4-10(11)13/h8-9H,3-7H2,1-2H3,(H2,11,13). The fraction of sp³-hybridized carbons (Fsp3) is 0.900. The number of nitrogens with two attached hydrogens (primary N) is 1. The molecule has 0 radical (unpaired) electrons. The lowest BCUT2D eigenvalue weighted by molar-refractivity contribution is 0.321. The van der Waals surface area contributed by atoms with Gasteiger partial charge in [0.05, 0.1) is 4.99 Å². The molecule has 0 aromatic carbocycles. The molecule has 3 heteroatoms. The second-order valence-corrected chi connectivity index (χ2v) is 4.81. The van der Waals surface area contributed by atoms with Gasteiger partial charge in [-0.25, -0.2) is 0 Å². The maximum Gasteiger partial charge on any atom is 0.0727 e. The Kier molecular flexibility index (Phi) is 4.13. The Bertz CT molecular complexity index is 172. The highest BCUT2D eigenvalue weighted by molar-refractivity contribution is 7.80. The summed E-state index contributed by atoms with van der Waals surface area (Å²) >= 11 is 4.84. The van der Waals surface area contributed by atoms with Crippen LogP contribution in [0.5, 0.6) is 0 Å². The Morgan fingerprint density at radius 3 is 2.38 bits per heavy atom. The third-order valence-electron chi connectivity index (χ3n) is 2.96. The van der Waals surface area contributed by atoms with Crippen LogP contribution in [0.4, 0.5) is 0 Å². The Hall–Kier alpha value is -0.150. The molecular weight excluding hydrogens is 180 g/mol. The largest absolute Gasteiger partial charge is 0.393 e. The van der Waals surface area contributed by atoms with Crippen LogP contribution in [0.3, 0.4) is 0 Å². The van der Waals surface area contributed by atoms with Gasteiger partial charge in [0.15, 0.2) is 0 Å². The van der Waals surface area contributed by atoms with Crippen LogP contribution in [0.1, 0.15) is 26.7 Å². The van der Waals surface area contributed by atoms with Crippen molar-refractivity contribution >= 4 is 17.2 Å². The highest BCUT2D eigenvalue weighted by Gasteiger charge is 2.24. The molecule has 1 fully saturated rings. The topological polar surface area (TPSA) is 29.3 Å². The normalized spacial score (nSPS) is 29.4. The van der Waals surface area contributed by atoms with Gasteiger partial charge in [-0.3, -0.25) is 0 Å². The monoisotopic (exact) mass is 200 g/mol. The lowest BCUT2D eigenvalue weighted by Gasteiger charge is -2.14. The van der Waals surface area contributed by atoms with Gasteiger partial charge >= 0.3 is 0 Å². The molecule has 2 nitrogen and oxygen atoms in total. The molecule has 0 aliphatic carbocycles. The molecule has 1 rings (SSSR count). The minimum absolute atomic E-state index is 0.653. The second-order valence-electron chi connectivity index (χ2n) is 4.28. The lowest BCUT2D eigenvalue weighted by Crippen LogP contribution is -2.23. The van der Waals surface area contributed by atoms with Crippen molar-refractivity contribution < 1.29 is 0 Å². The summed E-state index contributed by atoms with van der Waals surface area (Å²) in [5.41, 5.74) is 5.44. The van der Waals surface area contributed by atoms with Crippen LogP contribution in [-0.2, 0) is 0 Å². The molecule has 2 N–H and O–H groups in total. The van der Waals surface area contributed by atoms with Gasteiger partial charge < -0.3 is 10.6 Å². The number of nitrogens with zero attached hydrogens (tertiary/aromatic N) is 1. The van der Waals surface area contributed by atoms with Crippen LogP contribution >= 0.6 is 12.2 Å². The van der Waals surface area contributed by atoms with Crippen molar-refractivity contribution in [3.05, 3.63) is 0 Å². The smallest absolute Gasteiger partial charge is 0.0727 e. The van der Waals surface area contributed by atoms with Crippen LogP contribution in [0.15, 0.2) is 0 Å². The first-order valence-electron chi connectivity index (χ1n) is 5.10. The van der Waals surface area contributed by atoms with E-state index < -0.39 is 0 Å². The molecule has 13 heavy (non-hydrogen) atoms. The van der Waals surface area contributed by atoms with E-state index in [1.807, 2.05) is 0 Å². The molecular formula is C10H20N2S. The van der Waals surface area contributed by atoms with Crippen LogP contribution in [0, 0.1) is 11.8 Å². The van der Waals surface area contributed by atoms with E-state index in [1.54, 1.807) is 0 Å². The first kappa shape index (κ1) is 10.9.